The summed E-state index contributed by atoms with van der Waals surface area (Å²) in [5, 5.41) is 14.7. The molecule has 0 aliphatic carbocycles. The monoisotopic (exact) mass is 328 g/mol. The third kappa shape index (κ3) is 6.03. The van der Waals surface area contributed by atoms with E-state index in [9.17, 15) is 19.1 Å². The number of rotatable bonds is 6. The van der Waals surface area contributed by atoms with Gasteiger partial charge >= 0.3 is 11.8 Å². The second kappa shape index (κ2) is 8.14. The number of carbonyl (C=O) groups excluding carboxylic acids is 2. The number of hydrogen-bond acceptors (Lipinski definition) is 4. The molecule has 3 N–H and O–H groups in total. The number of nitrogens with one attached hydrogen (secondary N) is 2. The van der Waals surface area contributed by atoms with Gasteiger partial charge < -0.3 is 15.7 Å². The molecule has 0 aliphatic rings. The number of amides is 2. The number of hydrogen-bond donors (Lipinski definition) is 3. The molecule has 0 aliphatic heterocycles. The summed E-state index contributed by atoms with van der Waals surface area (Å²) in [7, 11) is 0. The van der Waals surface area contributed by atoms with Crippen molar-refractivity contribution in [3.05, 3.63) is 29.6 Å². The fourth-order valence-corrected chi connectivity index (χ4v) is 2.26. The van der Waals surface area contributed by atoms with Gasteiger partial charge in [-0.25, -0.2) is 4.39 Å². The first-order chi connectivity index (χ1) is 10.2. The minimum atomic E-state index is -1.07. The molecule has 0 fully saturated rings. The Morgan fingerprint density at radius 3 is 2.64 bits per heavy atom. The maximum absolute atomic E-state index is 13.4. The standard InChI is InChI=1S/C15H21FN2O3S/c1-10-4-5-11(8-12(10)16)18-14(20)13(19)17-9-15(2,21)6-7-22-3/h4-5,8,21H,6-7,9H2,1-3H3,(H,17,19)(H,18,20). The number of aliphatic hydroxyl groups is 1. The number of anilines is 1. The zero-order chi connectivity index (χ0) is 16.8. The lowest BCUT2D eigenvalue weighted by Crippen LogP contribution is -2.44. The summed E-state index contributed by atoms with van der Waals surface area (Å²) in [6.07, 6.45) is 2.42. The number of aryl methyl sites for hydroxylation is 1. The average Bonchev–Trinajstić information content (AvgIpc) is 2.46. The van der Waals surface area contributed by atoms with Crippen molar-refractivity contribution in [2.45, 2.75) is 25.9 Å². The van der Waals surface area contributed by atoms with Crippen molar-refractivity contribution in [3.63, 3.8) is 0 Å². The van der Waals surface area contributed by atoms with Gasteiger partial charge in [0, 0.05) is 12.2 Å². The van der Waals surface area contributed by atoms with Gasteiger partial charge in [-0.1, -0.05) is 6.07 Å². The summed E-state index contributed by atoms with van der Waals surface area (Å²) in [4.78, 5) is 23.4. The molecule has 1 rings (SSSR count). The predicted molar refractivity (Wildman–Crippen MR) is 86.4 cm³/mol. The number of thioether (sulfide) groups is 1. The zero-order valence-corrected chi connectivity index (χ0v) is 13.7. The highest BCUT2D eigenvalue weighted by Crippen LogP contribution is 2.14. The van der Waals surface area contributed by atoms with Crippen molar-refractivity contribution in [2.75, 3.05) is 23.9 Å². The predicted octanol–water partition coefficient (Wildman–Crippen LogP) is 1.69. The Morgan fingerprint density at radius 2 is 2.05 bits per heavy atom. The van der Waals surface area contributed by atoms with E-state index in [1.165, 1.54) is 12.1 Å². The van der Waals surface area contributed by atoms with Crippen LogP contribution in [0.25, 0.3) is 0 Å². The fourth-order valence-electron chi connectivity index (χ4n) is 1.62. The first-order valence-corrected chi connectivity index (χ1v) is 8.21. The molecular weight excluding hydrogens is 307 g/mol. The van der Waals surface area contributed by atoms with Crippen molar-refractivity contribution < 1.29 is 19.1 Å². The lowest BCUT2D eigenvalue weighted by atomic mass is 10.0. The van der Waals surface area contributed by atoms with Gasteiger partial charge in [0.2, 0.25) is 0 Å². The van der Waals surface area contributed by atoms with Crippen LogP contribution >= 0.6 is 11.8 Å². The molecule has 0 spiro atoms. The Hall–Kier alpha value is -1.60. The van der Waals surface area contributed by atoms with E-state index in [1.807, 2.05) is 6.26 Å². The van der Waals surface area contributed by atoms with Gasteiger partial charge in [0.15, 0.2) is 0 Å². The molecule has 1 aromatic carbocycles. The first kappa shape index (κ1) is 18.4. The largest absolute Gasteiger partial charge is 0.388 e. The van der Waals surface area contributed by atoms with Crippen LogP contribution in [-0.4, -0.2) is 41.1 Å². The highest BCUT2D eigenvalue weighted by atomic mass is 32.2. The van der Waals surface area contributed by atoms with Crippen LogP contribution in [0, 0.1) is 12.7 Å². The minimum Gasteiger partial charge on any atom is -0.388 e. The van der Waals surface area contributed by atoms with Gasteiger partial charge in [0.25, 0.3) is 0 Å². The van der Waals surface area contributed by atoms with E-state index >= 15 is 0 Å². The van der Waals surface area contributed by atoms with E-state index in [1.54, 1.807) is 25.6 Å². The van der Waals surface area contributed by atoms with Gasteiger partial charge in [-0.05, 0) is 50.0 Å². The average molecular weight is 328 g/mol. The summed E-state index contributed by atoms with van der Waals surface area (Å²) in [5.74, 6) is -1.48. The second-order valence-electron chi connectivity index (χ2n) is 5.34. The molecule has 0 aromatic heterocycles. The van der Waals surface area contributed by atoms with Crippen LogP contribution in [0.3, 0.4) is 0 Å². The molecule has 0 bridgehead atoms. The molecule has 122 valence electrons. The van der Waals surface area contributed by atoms with E-state index in [0.29, 0.717) is 12.0 Å². The molecule has 22 heavy (non-hydrogen) atoms. The lowest BCUT2D eigenvalue weighted by molar-refractivity contribution is -0.136. The molecule has 1 atom stereocenters. The molecule has 0 saturated carbocycles. The van der Waals surface area contributed by atoms with E-state index in [-0.39, 0.29) is 12.2 Å². The Kier molecular flexibility index (Phi) is 6.83. The number of carbonyl (C=O) groups is 2. The third-order valence-corrected chi connectivity index (χ3v) is 3.72. The lowest BCUT2D eigenvalue weighted by Gasteiger charge is -2.23. The molecular formula is C15H21FN2O3S. The number of halogens is 1. The molecule has 0 saturated heterocycles. The summed E-state index contributed by atoms with van der Waals surface area (Å²) in [6, 6.07) is 4.17. The Labute approximate surface area is 133 Å². The molecule has 2 amide bonds. The van der Waals surface area contributed by atoms with Gasteiger partial charge in [0.05, 0.1) is 5.60 Å². The zero-order valence-electron chi connectivity index (χ0n) is 12.9. The summed E-state index contributed by atoms with van der Waals surface area (Å²) < 4.78 is 13.4. The first-order valence-electron chi connectivity index (χ1n) is 6.82. The van der Waals surface area contributed by atoms with Crippen LogP contribution in [0.15, 0.2) is 18.2 Å². The molecule has 1 unspecified atom stereocenters. The van der Waals surface area contributed by atoms with Crippen LogP contribution in [0.5, 0.6) is 0 Å². The second-order valence-corrected chi connectivity index (χ2v) is 6.33. The summed E-state index contributed by atoms with van der Waals surface area (Å²) in [5.41, 5.74) is -0.417. The van der Waals surface area contributed by atoms with Gasteiger partial charge in [-0.3, -0.25) is 9.59 Å². The molecule has 0 heterocycles. The Bertz CT molecular complexity index is 550. The quantitative estimate of drug-likeness (QED) is 0.695. The summed E-state index contributed by atoms with van der Waals surface area (Å²) >= 11 is 1.59. The third-order valence-electron chi connectivity index (χ3n) is 3.11. The minimum absolute atomic E-state index is 0.0257. The van der Waals surface area contributed by atoms with Crippen LogP contribution < -0.4 is 10.6 Å². The maximum atomic E-state index is 13.4. The summed E-state index contributed by atoms with van der Waals surface area (Å²) in [6.45, 7) is 3.17. The Morgan fingerprint density at radius 1 is 1.36 bits per heavy atom. The maximum Gasteiger partial charge on any atom is 0.313 e. The number of benzene rings is 1. The van der Waals surface area contributed by atoms with Crippen LogP contribution in [0.2, 0.25) is 0 Å². The van der Waals surface area contributed by atoms with Crippen molar-refractivity contribution in [1.82, 2.24) is 5.32 Å². The topological polar surface area (TPSA) is 78.4 Å². The molecule has 7 heteroatoms. The van der Waals surface area contributed by atoms with Crippen molar-refractivity contribution in [1.29, 1.82) is 0 Å². The highest BCUT2D eigenvalue weighted by molar-refractivity contribution is 7.98. The highest BCUT2D eigenvalue weighted by Gasteiger charge is 2.23. The van der Waals surface area contributed by atoms with E-state index in [0.717, 1.165) is 11.8 Å². The van der Waals surface area contributed by atoms with Crippen LogP contribution in [0.1, 0.15) is 18.9 Å². The van der Waals surface area contributed by atoms with Crippen LogP contribution in [-0.2, 0) is 9.59 Å². The van der Waals surface area contributed by atoms with Crippen molar-refractivity contribution >= 4 is 29.3 Å². The van der Waals surface area contributed by atoms with Gasteiger partial charge in [-0.15, -0.1) is 0 Å². The van der Waals surface area contributed by atoms with E-state index in [2.05, 4.69) is 10.6 Å². The van der Waals surface area contributed by atoms with Crippen LogP contribution in [0.4, 0.5) is 10.1 Å². The van der Waals surface area contributed by atoms with Crippen molar-refractivity contribution in [3.8, 4) is 0 Å². The molecule has 5 nitrogen and oxygen atoms in total. The molecule has 0 radical (unpaired) electrons. The normalized spacial score (nSPS) is 13.3. The van der Waals surface area contributed by atoms with Gasteiger partial charge in [0.1, 0.15) is 5.82 Å². The fraction of sp³-hybridized carbons (Fsp3) is 0.467. The van der Waals surface area contributed by atoms with Gasteiger partial charge in [-0.2, -0.15) is 11.8 Å². The van der Waals surface area contributed by atoms with Crippen molar-refractivity contribution in [2.24, 2.45) is 0 Å². The molecule has 1 aromatic rings. The Balaban J connectivity index is 2.51. The SMILES string of the molecule is CSCCC(C)(O)CNC(=O)C(=O)Nc1ccc(C)c(F)c1. The van der Waals surface area contributed by atoms with E-state index in [4.69, 9.17) is 0 Å². The smallest absolute Gasteiger partial charge is 0.313 e. The van der Waals surface area contributed by atoms with E-state index < -0.39 is 23.2 Å².